The minimum absolute atomic E-state index is 0.480. The maximum absolute atomic E-state index is 12.9. The van der Waals surface area contributed by atoms with Crippen molar-refractivity contribution in [2.24, 2.45) is 11.7 Å². The minimum Gasteiger partial charge on any atom is -0.325 e. The second-order valence-electron chi connectivity index (χ2n) is 2.88. The van der Waals surface area contributed by atoms with Crippen LogP contribution in [-0.2, 0) is 0 Å². The molecule has 1 aliphatic heterocycles. The van der Waals surface area contributed by atoms with E-state index in [0.717, 1.165) is 12.2 Å². The number of alkyl halides is 2. The molecule has 1 unspecified atom stereocenters. The first-order valence-corrected chi connectivity index (χ1v) is 4.98. The number of hydrogen-bond acceptors (Lipinski definition) is 2. The number of halogens is 2. The zero-order chi connectivity index (χ0) is 8.32. The summed E-state index contributed by atoms with van der Waals surface area (Å²) in [4.78, 5) is 0. The van der Waals surface area contributed by atoms with Crippen LogP contribution in [0.3, 0.4) is 0 Å². The molecule has 66 valence electrons. The molecule has 0 spiro atoms. The van der Waals surface area contributed by atoms with Crippen molar-refractivity contribution in [1.82, 2.24) is 0 Å². The largest absolute Gasteiger partial charge is 0.325 e. The van der Waals surface area contributed by atoms with E-state index in [4.69, 9.17) is 5.73 Å². The third kappa shape index (κ3) is 2.30. The Morgan fingerprint density at radius 1 is 1.55 bits per heavy atom. The average Bonchev–Trinajstić information content (AvgIpc) is 2.06. The van der Waals surface area contributed by atoms with Crippen LogP contribution in [0.15, 0.2) is 0 Å². The summed E-state index contributed by atoms with van der Waals surface area (Å²) in [6.45, 7) is -0.502. The third-order valence-electron chi connectivity index (χ3n) is 2.03. The summed E-state index contributed by atoms with van der Waals surface area (Å²) in [6.07, 6.45) is 1.54. The fraction of sp³-hybridized carbons (Fsp3) is 1.00. The van der Waals surface area contributed by atoms with Crippen LogP contribution in [0.2, 0.25) is 0 Å². The third-order valence-corrected chi connectivity index (χ3v) is 3.25. The summed E-state index contributed by atoms with van der Waals surface area (Å²) < 4.78 is 25.8. The summed E-state index contributed by atoms with van der Waals surface area (Å²) in [5.41, 5.74) is 4.98. The maximum atomic E-state index is 12.9. The van der Waals surface area contributed by atoms with Crippen LogP contribution < -0.4 is 5.73 Å². The fourth-order valence-corrected chi connectivity index (χ4v) is 2.47. The average molecular weight is 181 g/mol. The molecule has 4 heteroatoms. The SMILES string of the molecule is NCC(F)(F)C1CCCSC1. The molecule has 1 fully saturated rings. The molecule has 1 aliphatic rings. The zero-order valence-corrected chi connectivity index (χ0v) is 7.17. The Balaban J connectivity index is 2.43. The summed E-state index contributed by atoms with van der Waals surface area (Å²) in [6, 6.07) is 0. The summed E-state index contributed by atoms with van der Waals surface area (Å²) >= 11 is 1.61. The molecule has 0 amide bonds. The van der Waals surface area contributed by atoms with Crippen LogP contribution in [0.4, 0.5) is 8.78 Å². The smallest absolute Gasteiger partial charge is 0.263 e. The molecule has 0 aliphatic carbocycles. The molecule has 0 saturated carbocycles. The highest BCUT2D eigenvalue weighted by atomic mass is 32.2. The number of thioether (sulfide) groups is 1. The van der Waals surface area contributed by atoms with Crippen molar-refractivity contribution in [3.05, 3.63) is 0 Å². The van der Waals surface area contributed by atoms with Crippen molar-refractivity contribution in [2.45, 2.75) is 18.8 Å². The van der Waals surface area contributed by atoms with Crippen molar-refractivity contribution >= 4 is 11.8 Å². The lowest BCUT2D eigenvalue weighted by Crippen LogP contribution is -2.39. The normalized spacial score (nSPS) is 27.0. The first-order valence-electron chi connectivity index (χ1n) is 3.82. The molecular weight excluding hydrogens is 168 g/mol. The van der Waals surface area contributed by atoms with Gasteiger partial charge in [0.1, 0.15) is 0 Å². The number of rotatable bonds is 2. The van der Waals surface area contributed by atoms with Crippen molar-refractivity contribution in [3.8, 4) is 0 Å². The Bertz CT molecular complexity index is 124. The van der Waals surface area contributed by atoms with E-state index >= 15 is 0 Å². The number of hydrogen-bond donors (Lipinski definition) is 1. The highest BCUT2D eigenvalue weighted by Crippen LogP contribution is 2.34. The van der Waals surface area contributed by atoms with E-state index in [1.807, 2.05) is 0 Å². The highest BCUT2D eigenvalue weighted by Gasteiger charge is 2.38. The van der Waals surface area contributed by atoms with Crippen molar-refractivity contribution in [3.63, 3.8) is 0 Å². The maximum Gasteiger partial charge on any atom is 0.263 e. The molecule has 1 rings (SSSR count). The van der Waals surface area contributed by atoms with Gasteiger partial charge in [0.15, 0.2) is 0 Å². The predicted molar refractivity (Wildman–Crippen MR) is 44.1 cm³/mol. The molecule has 0 bridgehead atoms. The van der Waals surface area contributed by atoms with Crippen LogP contribution in [0.25, 0.3) is 0 Å². The molecule has 0 radical (unpaired) electrons. The summed E-state index contributed by atoms with van der Waals surface area (Å²) in [5, 5.41) is 0. The van der Waals surface area contributed by atoms with E-state index in [1.54, 1.807) is 11.8 Å². The standard InChI is InChI=1S/C7H13F2NS/c8-7(9,5-10)6-2-1-3-11-4-6/h6H,1-5,10H2. The van der Waals surface area contributed by atoms with Crippen LogP contribution >= 0.6 is 11.8 Å². The monoisotopic (exact) mass is 181 g/mol. The lowest BCUT2D eigenvalue weighted by atomic mass is 9.98. The Kier molecular flexibility index (Phi) is 3.13. The van der Waals surface area contributed by atoms with E-state index in [-0.39, 0.29) is 0 Å². The molecule has 0 aromatic rings. The molecule has 1 nitrogen and oxygen atoms in total. The fourth-order valence-electron chi connectivity index (χ4n) is 1.24. The first-order chi connectivity index (χ1) is 5.17. The van der Waals surface area contributed by atoms with E-state index in [1.165, 1.54) is 0 Å². The quantitative estimate of drug-likeness (QED) is 0.702. The Labute approximate surface area is 69.7 Å². The molecule has 2 N–H and O–H groups in total. The van der Waals surface area contributed by atoms with E-state index in [2.05, 4.69) is 0 Å². The lowest BCUT2D eigenvalue weighted by molar-refractivity contribution is -0.0438. The van der Waals surface area contributed by atoms with Gasteiger partial charge in [0.2, 0.25) is 0 Å². The van der Waals surface area contributed by atoms with Crippen molar-refractivity contribution in [2.75, 3.05) is 18.1 Å². The van der Waals surface area contributed by atoms with Gasteiger partial charge in [-0.15, -0.1) is 0 Å². The second kappa shape index (κ2) is 3.72. The lowest BCUT2D eigenvalue weighted by Gasteiger charge is -2.28. The van der Waals surface area contributed by atoms with E-state index < -0.39 is 18.4 Å². The van der Waals surface area contributed by atoms with Gasteiger partial charge in [-0.05, 0) is 18.6 Å². The summed E-state index contributed by atoms with van der Waals surface area (Å²) in [5.74, 6) is -1.51. The van der Waals surface area contributed by atoms with Gasteiger partial charge in [0, 0.05) is 11.7 Å². The molecule has 1 atom stereocenters. The Morgan fingerprint density at radius 2 is 2.27 bits per heavy atom. The zero-order valence-electron chi connectivity index (χ0n) is 6.35. The van der Waals surface area contributed by atoms with Crippen LogP contribution in [-0.4, -0.2) is 24.0 Å². The Hall–Kier alpha value is 0.170. The van der Waals surface area contributed by atoms with Gasteiger partial charge in [-0.2, -0.15) is 11.8 Å². The first kappa shape index (κ1) is 9.26. The molecule has 0 aromatic carbocycles. The van der Waals surface area contributed by atoms with Gasteiger partial charge in [-0.25, -0.2) is 8.78 Å². The number of nitrogens with two attached hydrogens (primary N) is 1. The van der Waals surface area contributed by atoms with Gasteiger partial charge >= 0.3 is 0 Å². The van der Waals surface area contributed by atoms with E-state index in [9.17, 15) is 8.78 Å². The van der Waals surface area contributed by atoms with Gasteiger partial charge in [-0.3, -0.25) is 0 Å². The van der Waals surface area contributed by atoms with Crippen LogP contribution in [0.1, 0.15) is 12.8 Å². The molecule has 1 heterocycles. The van der Waals surface area contributed by atoms with Crippen LogP contribution in [0, 0.1) is 5.92 Å². The predicted octanol–water partition coefficient (Wildman–Crippen LogP) is 1.72. The highest BCUT2D eigenvalue weighted by molar-refractivity contribution is 7.99. The van der Waals surface area contributed by atoms with Gasteiger partial charge in [0.05, 0.1) is 6.54 Å². The van der Waals surface area contributed by atoms with E-state index in [0.29, 0.717) is 12.2 Å². The Morgan fingerprint density at radius 3 is 2.73 bits per heavy atom. The second-order valence-corrected chi connectivity index (χ2v) is 4.03. The van der Waals surface area contributed by atoms with Crippen molar-refractivity contribution < 1.29 is 8.78 Å². The molecule has 0 aromatic heterocycles. The summed E-state index contributed by atoms with van der Waals surface area (Å²) in [7, 11) is 0. The van der Waals surface area contributed by atoms with Crippen molar-refractivity contribution in [1.29, 1.82) is 0 Å². The molecular formula is C7H13F2NS. The van der Waals surface area contributed by atoms with Gasteiger partial charge < -0.3 is 5.73 Å². The molecule has 1 saturated heterocycles. The van der Waals surface area contributed by atoms with Gasteiger partial charge in [-0.1, -0.05) is 0 Å². The minimum atomic E-state index is -2.63. The van der Waals surface area contributed by atoms with Gasteiger partial charge in [0.25, 0.3) is 5.92 Å². The van der Waals surface area contributed by atoms with Crippen LogP contribution in [0.5, 0.6) is 0 Å². The topological polar surface area (TPSA) is 26.0 Å². The molecule has 11 heavy (non-hydrogen) atoms.